The van der Waals surface area contributed by atoms with Crippen molar-refractivity contribution in [2.24, 2.45) is 10.4 Å². The summed E-state index contributed by atoms with van der Waals surface area (Å²) in [7, 11) is -12.9. The summed E-state index contributed by atoms with van der Waals surface area (Å²) in [6, 6.07) is 15.0. The van der Waals surface area contributed by atoms with Crippen LogP contribution in [0.1, 0.15) is 63.9 Å². The second-order valence-corrected chi connectivity index (χ2v) is 22.1. The van der Waals surface area contributed by atoms with Crippen LogP contribution in [-0.2, 0) is 49.5 Å². The average Bonchev–Trinajstić information content (AvgIpc) is 3.58. The second-order valence-electron chi connectivity index (χ2n) is 15.2. The number of nitrogens with zero attached hydrogens (tertiary/aromatic N) is 2. The fourth-order valence-electron chi connectivity index (χ4n) is 6.88. The maximum atomic E-state index is 14.5. The number of aliphatic imine (C=N–C) groups is 1. The summed E-state index contributed by atoms with van der Waals surface area (Å²) in [4.78, 5) is 49.0. The quantitative estimate of drug-likeness (QED) is 0.0155. The minimum atomic E-state index is -4.48. The Morgan fingerprint density at radius 2 is 1.49 bits per heavy atom. The molecule has 356 valence electrons. The lowest BCUT2D eigenvalue weighted by Gasteiger charge is -2.35. The first-order chi connectivity index (χ1) is 30.7. The van der Waals surface area contributed by atoms with Gasteiger partial charge < -0.3 is 20.3 Å². The Balaban J connectivity index is 1.77. The number of carbonyl (C=O) groups excluding carboxylic acids is 3. The molecule has 5 N–H and O–H groups in total. The Kier molecular flexibility index (Phi) is 20.5. The lowest BCUT2D eigenvalue weighted by atomic mass is 9.70. The predicted molar refractivity (Wildman–Crippen MR) is 254 cm³/mol. The van der Waals surface area contributed by atoms with Gasteiger partial charge in [-0.05, 0) is 99.4 Å². The lowest BCUT2D eigenvalue weighted by Crippen LogP contribution is -2.53. The normalized spacial score (nSPS) is 18.2. The van der Waals surface area contributed by atoms with Crippen LogP contribution in [0.5, 0.6) is 0 Å². The Morgan fingerprint density at radius 1 is 0.831 bits per heavy atom. The number of esters is 1. The average molecular weight is 997 g/mol. The molecule has 65 heavy (non-hydrogen) atoms. The third-order valence-corrected chi connectivity index (χ3v) is 14.6. The summed E-state index contributed by atoms with van der Waals surface area (Å²) in [5.74, 6) is -3.51. The van der Waals surface area contributed by atoms with Crippen LogP contribution in [0, 0.1) is 12.3 Å². The van der Waals surface area contributed by atoms with Crippen molar-refractivity contribution in [2.45, 2.75) is 75.0 Å². The number of thioether (sulfide) groups is 2. The highest BCUT2D eigenvalue weighted by Crippen LogP contribution is 2.46. The van der Waals surface area contributed by atoms with E-state index in [0.717, 1.165) is 21.0 Å². The number of ether oxygens (including phenoxy) is 1. The SMILES string of the molecule is CCOC(=O)CCCCCNC(=O)C1(C(=O)NCCS(=O)(=O)O)CC(/C=C/C(=N\CCCS(=O)(=O)O)Sc2ccccc2C)=CC(=C/C=C2\Sc3ccccc3N2CCCS(=O)(=O)O)/C1. The van der Waals surface area contributed by atoms with Gasteiger partial charge in [0, 0.05) is 42.4 Å². The topological polar surface area (TPSA) is 263 Å². The van der Waals surface area contributed by atoms with Crippen molar-refractivity contribution in [2.75, 3.05) is 54.9 Å². The number of rotatable bonds is 24. The molecule has 2 aromatic carbocycles. The summed E-state index contributed by atoms with van der Waals surface area (Å²) in [5.41, 5.74) is 0.942. The first kappa shape index (κ1) is 53.3. The molecule has 0 spiro atoms. The highest BCUT2D eigenvalue weighted by Gasteiger charge is 2.48. The van der Waals surface area contributed by atoms with Crippen LogP contribution < -0.4 is 15.5 Å². The van der Waals surface area contributed by atoms with Gasteiger partial charge in [-0.3, -0.25) is 33.0 Å². The number of para-hydroxylation sites is 1. The molecule has 1 unspecified atom stereocenters. The first-order valence-electron chi connectivity index (χ1n) is 20.9. The number of nitrogens with one attached hydrogen (secondary N) is 2. The van der Waals surface area contributed by atoms with Crippen LogP contribution in [0.25, 0.3) is 0 Å². The lowest BCUT2D eigenvalue weighted by molar-refractivity contribution is -0.144. The largest absolute Gasteiger partial charge is 0.466 e. The molecule has 1 heterocycles. The van der Waals surface area contributed by atoms with Crippen LogP contribution in [0.15, 0.2) is 110 Å². The number of benzene rings is 2. The predicted octanol–water partition coefficient (Wildman–Crippen LogP) is 5.93. The van der Waals surface area contributed by atoms with Crippen molar-refractivity contribution in [1.29, 1.82) is 0 Å². The van der Waals surface area contributed by atoms with Gasteiger partial charge in [0.1, 0.15) is 5.41 Å². The van der Waals surface area contributed by atoms with Crippen molar-refractivity contribution in [3.05, 3.63) is 101 Å². The van der Waals surface area contributed by atoms with E-state index in [9.17, 15) is 53.3 Å². The summed E-state index contributed by atoms with van der Waals surface area (Å²) in [6.45, 7) is 3.87. The molecular weight excluding hydrogens is 941 g/mol. The maximum absolute atomic E-state index is 14.5. The van der Waals surface area contributed by atoms with Gasteiger partial charge in [-0.25, -0.2) is 0 Å². The third kappa shape index (κ3) is 18.5. The highest BCUT2D eigenvalue weighted by molar-refractivity contribution is 8.14. The zero-order valence-electron chi connectivity index (χ0n) is 36.2. The molecule has 0 radical (unpaired) electrons. The zero-order valence-corrected chi connectivity index (χ0v) is 40.3. The Hall–Kier alpha value is -4.29. The van der Waals surface area contributed by atoms with E-state index in [-0.39, 0.29) is 64.3 Å². The van der Waals surface area contributed by atoms with Crippen LogP contribution in [0.3, 0.4) is 0 Å². The molecule has 0 saturated heterocycles. The van der Waals surface area contributed by atoms with E-state index in [1.807, 2.05) is 66.4 Å². The molecule has 0 fully saturated rings. The van der Waals surface area contributed by atoms with E-state index in [1.165, 1.54) is 23.5 Å². The van der Waals surface area contributed by atoms with Gasteiger partial charge in [-0.2, -0.15) is 25.3 Å². The fraction of sp³-hybridized carbons (Fsp3) is 0.442. The standard InChI is InChI=1S/C43H56N4O13S5/c1-3-60-40(48)17-5-4-10-22-45-41(49)43(42(50)46-24-28-65(57,58)59)30-33(18-20-38(44-23-11-26-63(51,52)53)61-36-15-8-6-13-32(36)2)29-34(31-43)19-21-39-47(25-12-27-64(54,55)56)35-14-7-9-16-37(35)62-39/h6-9,13-16,18-21,29H,3-5,10-12,17,22-28,30-31H2,1-2H3,(H,45,49)(H,46,50)(H,51,52,53)(H,54,55,56)(H,57,58,59)/b20-18+,34-19-,39-21-,44-38+. The molecule has 4 rings (SSSR count). The molecule has 22 heteroatoms. The van der Waals surface area contributed by atoms with Gasteiger partial charge in [0.15, 0.2) is 0 Å². The minimum absolute atomic E-state index is 0.0410. The smallest absolute Gasteiger partial charge is 0.305 e. The van der Waals surface area contributed by atoms with E-state index < -0.39 is 71.4 Å². The molecule has 2 aromatic rings. The molecule has 0 saturated carbocycles. The number of hydrogen-bond donors (Lipinski definition) is 5. The van der Waals surface area contributed by atoms with E-state index in [4.69, 9.17) is 4.74 Å². The molecule has 17 nitrogen and oxygen atoms in total. The summed E-state index contributed by atoms with van der Waals surface area (Å²) in [6.07, 6.45) is 10.3. The minimum Gasteiger partial charge on any atom is -0.466 e. The van der Waals surface area contributed by atoms with Gasteiger partial charge in [0.05, 0.1) is 39.6 Å². The van der Waals surface area contributed by atoms with Crippen LogP contribution in [0.4, 0.5) is 5.69 Å². The number of amides is 2. The van der Waals surface area contributed by atoms with Crippen molar-refractivity contribution in [3.63, 3.8) is 0 Å². The second kappa shape index (κ2) is 25.0. The first-order valence-corrected chi connectivity index (χ1v) is 27.3. The maximum Gasteiger partial charge on any atom is 0.305 e. The molecule has 2 amide bonds. The van der Waals surface area contributed by atoms with Crippen molar-refractivity contribution < 1.29 is 58.0 Å². The monoisotopic (exact) mass is 996 g/mol. The summed E-state index contributed by atoms with van der Waals surface area (Å²) < 4.78 is 102. The van der Waals surface area contributed by atoms with Crippen molar-refractivity contribution >= 4 is 82.4 Å². The van der Waals surface area contributed by atoms with Crippen molar-refractivity contribution in [1.82, 2.24) is 10.6 Å². The summed E-state index contributed by atoms with van der Waals surface area (Å²) in [5, 5.41) is 6.59. The highest BCUT2D eigenvalue weighted by atomic mass is 32.2. The number of hydrogen-bond acceptors (Lipinski definition) is 14. The number of carbonyl (C=O) groups is 3. The van der Waals surface area contributed by atoms with Gasteiger partial charge in [-0.15, -0.1) is 0 Å². The molecular formula is C43H56N4O13S5. The van der Waals surface area contributed by atoms with E-state index in [2.05, 4.69) is 15.6 Å². The Bertz CT molecular complexity index is 2520. The van der Waals surface area contributed by atoms with Crippen LogP contribution in [0.2, 0.25) is 0 Å². The number of anilines is 1. The number of fused-ring (bicyclic) bond motifs is 1. The molecule has 0 aromatic heterocycles. The van der Waals surface area contributed by atoms with Crippen LogP contribution >= 0.6 is 23.5 Å². The zero-order chi connectivity index (χ0) is 47.7. The molecule has 1 aliphatic carbocycles. The molecule has 2 aliphatic rings. The fourth-order valence-corrected chi connectivity index (χ4v) is 10.2. The van der Waals surface area contributed by atoms with E-state index in [0.29, 0.717) is 40.5 Å². The van der Waals surface area contributed by atoms with Gasteiger partial charge >= 0.3 is 5.97 Å². The number of aryl methyl sites for hydroxylation is 1. The van der Waals surface area contributed by atoms with Crippen LogP contribution in [-0.4, -0.2) is 112 Å². The summed E-state index contributed by atoms with van der Waals surface area (Å²) >= 11 is 2.73. The van der Waals surface area contributed by atoms with E-state index >= 15 is 0 Å². The van der Waals surface area contributed by atoms with Gasteiger partial charge in [-0.1, -0.05) is 78.5 Å². The Labute approximate surface area is 390 Å². The Morgan fingerprint density at radius 3 is 2.18 bits per heavy atom. The van der Waals surface area contributed by atoms with Gasteiger partial charge in [0.2, 0.25) is 11.8 Å². The van der Waals surface area contributed by atoms with Gasteiger partial charge in [0.25, 0.3) is 30.4 Å². The molecule has 1 atom stereocenters. The molecule has 1 aliphatic heterocycles. The van der Waals surface area contributed by atoms with Crippen molar-refractivity contribution in [3.8, 4) is 0 Å². The molecule has 0 bridgehead atoms. The third-order valence-electron chi connectivity index (χ3n) is 9.98. The number of allylic oxidation sites excluding steroid dienone is 6. The van der Waals surface area contributed by atoms with E-state index in [1.54, 1.807) is 31.2 Å². The number of unbranched alkanes of at least 4 members (excludes halogenated alkanes) is 2.